The fraction of sp³-hybridized carbons (Fsp3) is 0.364. The maximum atomic E-state index is 10.5. The van der Waals surface area contributed by atoms with Crippen LogP contribution in [0, 0.1) is 0 Å². The molecule has 1 heterocycles. The number of benzene rings is 1. The van der Waals surface area contributed by atoms with Gasteiger partial charge >= 0.3 is 0 Å². The highest BCUT2D eigenvalue weighted by Crippen LogP contribution is 2.29. The van der Waals surface area contributed by atoms with Crippen molar-refractivity contribution in [1.29, 1.82) is 0 Å². The molecular formula is C11H12O4. The van der Waals surface area contributed by atoms with Crippen LogP contribution in [0.3, 0.4) is 0 Å². The lowest BCUT2D eigenvalue weighted by molar-refractivity contribution is -0.295. The van der Waals surface area contributed by atoms with Crippen LogP contribution in [0.1, 0.15) is 24.3 Å². The van der Waals surface area contributed by atoms with Gasteiger partial charge in [-0.3, -0.25) is 0 Å². The third-order valence-corrected chi connectivity index (χ3v) is 2.21. The van der Waals surface area contributed by atoms with Gasteiger partial charge in [0.15, 0.2) is 6.29 Å². The van der Waals surface area contributed by atoms with Crippen molar-refractivity contribution in [3.05, 3.63) is 35.4 Å². The third kappa shape index (κ3) is 2.23. The Bertz CT molecular complexity index is 350. The normalized spacial score (nSPS) is 25.4. The summed E-state index contributed by atoms with van der Waals surface area (Å²) in [4.78, 5) is 20.3. The first-order valence-electron chi connectivity index (χ1n) is 4.80. The van der Waals surface area contributed by atoms with Crippen LogP contribution in [0.4, 0.5) is 0 Å². The molecule has 4 nitrogen and oxygen atoms in total. The van der Waals surface area contributed by atoms with Crippen molar-refractivity contribution in [2.75, 3.05) is 0 Å². The molecule has 2 unspecified atom stereocenters. The van der Waals surface area contributed by atoms with Gasteiger partial charge in [-0.05, 0) is 12.5 Å². The molecule has 2 atom stereocenters. The second-order valence-corrected chi connectivity index (χ2v) is 3.30. The summed E-state index contributed by atoms with van der Waals surface area (Å²) < 4.78 is 5.37. The van der Waals surface area contributed by atoms with E-state index in [4.69, 9.17) is 14.5 Å². The number of carbonyl (C=O) groups excluding carboxylic acids is 1. The average Bonchev–Trinajstić information content (AvgIpc) is 2.66. The molecule has 0 aliphatic carbocycles. The standard InChI is InChI=1S/C11H12O4/c1-8-13-11(15-14-8)10-5-3-2-4-9(10)6-7-12/h2-5,7-8,11H,6H2,1H3. The fourth-order valence-corrected chi connectivity index (χ4v) is 1.51. The first-order valence-corrected chi connectivity index (χ1v) is 4.80. The maximum absolute atomic E-state index is 10.5. The first kappa shape index (κ1) is 10.3. The van der Waals surface area contributed by atoms with Gasteiger partial charge in [0.1, 0.15) is 6.29 Å². The van der Waals surface area contributed by atoms with Gasteiger partial charge < -0.3 is 9.53 Å². The van der Waals surface area contributed by atoms with Gasteiger partial charge in [-0.25, -0.2) is 4.89 Å². The summed E-state index contributed by atoms with van der Waals surface area (Å²) in [6, 6.07) is 7.49. The molecule has 1 fully saturated rings. The van der Waals surface area contributed by atoms with Crippen molar-refractivity contribution in [2.45, 2.75) is 25.9 Å². The zero-order chi connectivity index (χ0) is 10.7. The summed E-state index contributed by atoms with van der Waals surface area (Å²) >= 11 is 0. The molecule has 0 aromatic heterocycles. The van der Waals surface area contributed by atoms with E-state index in [-0.39, 0.29) is 6.29 Å². The molecule has 4 heteroatoms. The number of rotatable bonds is 3. The molecular weight excluding hydrogens is 196 g/mol. The zero-order valence-electron chi connectivity index (χ0n) is 8.38. The van der Waals surface area contributed by atoms with E-state index in [9.17, 15) is 4.79 Å². The van der Waals surface area contributed by atoms with Crippen LogP contribution in [-0.4, -0.2) is 12.6 Å². The molecule has 0 saturated carbocycles. The van der Waals surface area contributed by atoms with Crippen LogP contribution >= 0.6 is 0 Å². The number of carbonyl (C=O) groups is 1. The van der Waals surface area contributed by atoms with Crippen molar-refractivity contribution in [2.24, 2.45) is 0 Å². The second-order valence-electron chi connectivity index (χ2n) is 3.30. The van der Waals surface area contributed by atoms with Crippen LogP contribution < -0.4 is 0 Å². The molecule has 80 valence electrons. The Balaban J connectivity index is 2.22. The van der Waals surface area contributed by atoms with Gasteiger partial charge in [-0.1, -0.05) is 24.3 Å². The van der Waals surface area contributed by atoms with Crippen molar-refractivity contribution in [3.8, 4) is 0 Å². The van der Waals surface area contributed by atoms with Gasteiger partial charge in [0.2, 0.25) is 6.29 Å². The van der Waals surface area contributed by atoms with E-state index in [1.54, 1.807) is 6.92 Å². The summed E-state index contributed by atoms with van der Waals surface area (Å²) in [5.41, 5.74) is 1.74. The van der Waals surface area contributed by atoms with Gasteiger partial charge in [0, 0.05) is 12.0 Å². The van der Waals surface area contributed by atoms with Crippen LogP contribution in [0.5, 0.6) is 0 Å². The van der Waals surface area contributed by atoms with Gasteiger partial charge in [-0.15, -0.1) is 0 Å². The Kier molecular flexibility index (Phi) is 3.11. The molecule has 0 amide bonds. The SMILES string of the molecule is CC1OOC(c2ccccc2CC=O)O1. The maximum Gasteiger partial charge on any atom is 0.220 e. The Morgan fingerprint density at radius 1 is 1.33 bits per heavy atom. The van der Waals surface area contributed by atoms with Crippen molar-refractivity contribution < 1.29 is 19.3 Å². The quantitative estimate of drug-likeness (QED) is 0.560. The lowest BCUT2D eigenvalue weighted by Gasteiger charge is -2.10. The van der Waals surface area contributed by atoms with E-state index in [1.165, 1.54) is 0 Å². The summed E-state index contributed by atoms with van der Waals surface area (Å²) in [6.07, 6.45) is 0.307. The summed E-state index contributed by atoms with van der Waals surface area (Å²) in [5, 5.41) is 0. The lowest BCUT2D eigenvalue weighted by atomic mass is 10.1. The molecule has 0 bridgehead atoms. The lowest BCUT2D eigenvalue weighted by Crippen LogP contribution is -2.05. The number of hydrogen-bond acceptors (Lipinski definition) is 4. The molecule has 15 heavy (non-hydrogen) atoms. The first-order chi connectivity index (χ1) is 7.31. The van der Waals surface area contributed by atoms with E-state index < -0.39 is 6.29 Å². The molecule has 0 N–H and O–H groups in total. The van der Waals surface area contributed by atoms with Gasteiger partial charge in [-0.2, -0.15) is 4.89 Å². The smallest absolute Gasteiger partial charge is 0.220 e. The van der Waals surface area contributed by atoms with Crippen LogP contribution in [0.25, 0.3) is 0 Å². The minimum atomic E-state index is -0.531. The predicted molar refractivity (Wildman–Crippen MR) is 51.7 cm³/mol. The van der Waals surface area contributed by atoms with Crippen molar-refractivity contribution >= 4 is 6.29 Å². The van der Waals surface area contributed by atoms with E-state index in [2.05, 4.69) is 0 Å². The Hall–Kier alpha value is -1.23. The van der Waals surface area contributed by atoms with Crippen LogP contribution in [-0.2, 0) is 25.7 Å². The number of ether oxygens (including phenoxy) is 1. The Morgan fingerprint density at radius 2 is 2.13 bits per heavy atom. The Labute approximate surface area is 87.7 Å². The van der Waals surface area contributed by atoms with Crippen LogP contribution in [0.15, 0.2) is 24.3 Å². The predicted octanol–water partition coefficient (Wildman–Crippen LogP) is 1.75. The minimum absolute atomic E-state index is 0.355. The molecule has 0 radical (unpaired) electrons. The monoisotopic (exact) mass is 208 g/mol. The highest BCUT2D eigenvalue weighted by molar-refractivity contribution is 5.56. The van der Waals surface area contributed by atoms with E-state index in [0.717, 1.165) is 17.4 Å². The molecule has 0 spiro atoms. The van der Waals surface area contributed by atoms with Crippen LogP contribution in [0.2, 0.25) is 0 Å². The molecule has 1 saturated heterocycles. The molecule has 1 aromatic rings. The van der Waals surface area contributed by atoms with E-state index in [0.29, 0.717) is 6.42 Å². The average molecular weight is 208 g/mol. The second kappa shape index (κ2) is 4.53. The van der Waals surface area contributed by atoms with Crippen molar-refractivity contribution in [3.63, 3.8) is 0 Å². The van der Waals surface area contributed by atoms with Crippen molar-refractivity contribution in [1.82, 2.24) is 0 Å². The minimum Gasteiger partial charge on any atom is -0.314 e. The topological polar surface area (TPSA) is 44.8 Å². The fourth-order valence-electron chi connectivity index (χ4n) is 1.51. The number of hydrogen-bond donors (Lipinski definition) is 0. The molecule has 1 aliphatic heterocycles. The highest BCUT2D eigenvalue weighted by atomic mass is 17.3. The largest absolute Gasteiger partial charge is 0.314 e. The third-order valence-electron chi connectivity index (χ3n) is 2.21. The molecule has 1 aliphatic rings. The van der Waals surface area contributed by atoms with E-state index in [1.807, 2.05) is 24.3 Å². The van der Waals surface area contributed by atoms with Gasteiger partial charge in [0.05, 0.1) is 0 Å². The zero-order valence-corrected chi connectivity index (χ0v) is 8.38. The summed E-state index contributed by atoms with van der Waals surface area (Å²) in [7, 11) is 0. The molecule has 2 rings (SSSR count). The molecule has 1 aromatic carbocycles. The number of aldehydes is 1. The highest BCUT2D eigenvalue weighted by Gasteiger charge is 2.27. The Morgan fingerprint density at radius 3 is 2.80 bits per heavy atom. The summed E-state index contributed by atoms with van der Waals surface area (Å²) in [6.45, 7) is 1.75. The van der Waals surface area contributed by atoms with Gasteiger partial charge in [0.25, 0.3) is 0 Å². The summed E-state index contributed by atoms with van der Waals surface area (Å²) in [5.74, 6) is 0. The van der Waals surface area contributed by atoms with E-state index >= 15 is 0 Å².